The van der Waals surface area contributed by atoms with Crippen molar-refractivity contribution >= 4 is 32.3 Å². The van der Waals surface area contributed by atoms with Crippen LogP contribution in [0.15, 0.2) is 249 Å². The summed E-state index contributed by atoms with van der Waals surface area (Å²) in [5.41, 5.74) is 14.0. The Hall–Kier alpha value is -8.79. The Labute approximate surface area is 389 Å². The molecule has 1 aliphatic rings. The van der Waals surface area contributed by atoms with E-state index in [0.717, 1.165) is 33.4 Å². The topological polar surface area (TPSA) is 38.7 Å². The average molecular weight is 852 g/mol. The molecule has 3 heteroatoms. The molecule has 0 spiro atoms. The molecule has 1 aromatic heterocycles. The quantitative estimate of drug-likeness (QED) is 0.118. The van der Waals surface area contributed by atoms with Crippen LogP contribution >= 0.6 is 0 Å². The second-order valence-corrected chi connectivity index (χ2v) is 17.4. The first kappa shape index (κ1) is 38.6. The van der Waals surface area contributed by atoms with Crippen LogP contribution in [0, 0.1) is 0 Å². The lowest BCUT2D eigenvalue weighted by Gasteiger charge is -2.35. The van der Waals surface area contributed by atoms with E-state index in [9.17, 15) is 0 Å². The summed E-state index contributed by atoms with van der Waals surface area (Å²) >= 11 is 0. The van der Waals surface area contributed by atoms with Crippen molar-refractivity contribution in [2.75, 3.05) is 0 Å². The molecule has 13 rings (SSSR count). The Morgan fingerprint density at radius 3 is 1.45 bits per heavy atom. The molecule has 0 saturated carbocycles. The maximum atomic E-state index is 5.47. The molecule has 12 aromatic rings. The van der Waals surface area contributed by atoms with Gasteiger partial charge in [-0.1, -0.05) is 243 Å². The van der Waals surface area contributed by atoms with Crippen LogP contribution in [0.1, 0.15) is 22.3 Å². The van der Waals surface area contributed by atoms with Crippen molar-refractivity contribution < 1.29 is 0 Å². The highest BCUT2D eigenvalue weighted by Crippen LogP contribution is 2.58. The number of nitrogens with zero attached hydrogens (tertiary/aromatic N) is 3. The predicted octanol–water partition coefficient (Wildman–Crippen LogP) is 16.0. The molecule has 1 aliphatic carbocycles. The fourth-order valence-corrected chi connectivity index (χ4v) is 10.8. The molecule has 0 saturated heterocycles. The van der Waals surface area contributed by atoms with Crippen molar-refractivity contribution in [1.29, 1.82) is 0 Å². The Kier molecular flexibility index (Phi) is 9.07. The minimum Gasteiger partial charge on any atom is -0.208 e. The van der Waals surface area contributed by atoms with Crippen LogP contribution in [0.25, 0.3) is 99.9 Å². The van der Waals surface area contributed by atoms with Crippen LogP contribution in [0.3, 0.4) is 0 Å². The summed E-state index contributed by atoms with van der Waals surface area (Å²) < 4.78 is 0. The first-order chi connectivity index (χ1) is 33.2. The molecular weight excluding hydrogens is 811 g/mol. The first-order valence-electron chi connectivity index (χ1n) is 22.9. The molecule has 0 amide bonds. The Morgan fingerprint density at radius 2 is 0.761 bits per heavy atom. The second kappa shape index (κ2) is 15.7. The highest BCUT2D eigenvalue weighted by molar-refractivity contribution is 6.20. The predicted molar refractivity (Wildman–Crippen MR) is 277 cm³/mol. The van der Waals surface area contributed by atoms with Crippen LogP contribution in [0.2, 0.25) is 0 Å². The Bertz CT molecular complexity index is 3790. The monoisotopic (exact) mass is 851 g/mol. The molecule has 3 nitrogen and oxygen atoms in total. The van der Waals surface area contributed by atoms with E-state index in [4.69, 9.17) is 15.0 Å². The van der Waals surface area contributed by atoms with E-state index in [1.54, 1.807) is 0 Å². The van der Waals surface area contributed by atoms with Gasteiger partial charge in [-0.05, 0) is 94.0 Å². The summed E-state index contributed by atoms with van der Waals surface area (Å²) in [6.07, 6.45) is 0. The smallest absolute Gasteiger partial charge is 0.164 e. The lowest BCUT2D eigenvalue weighted by atomic mass is 9.66. The Balaban J connectivity index is 1.03. The molecule has 1 heterocycles. The molecule has 0 radical (unpaired) electrons. The summed E-state index contributed by atoms with van der Waals surface area (Å²) in [4.78, 5) is 16.2. The lowest BCUT2D eigenvalue weighted by Crippen LogP contribution is -2.29. The van der Waals surface area contributed by atoms with Crippen molar-refractivity contribution in [2.45, 2.75) is 5.41 Å². The Morgan fingerprint density at radius 1 is 0.269 bits per heavy atom. The summed E-state index contributed by atoms with van der Waals surface area (Å²) in [7, 11) is 0. The molecule has 0 bridgehead atoms. The van der Waals surface area contributed by atoms with Crippen molar-refractivity contribution in [3.05, 3.63) is 271 Å². The fourth-order valence-electron chi connectivity index (χ4n) is 10.8. The second-order valence-electron chi connectivity index (χ2n) is 17.4. The summed E-state index contributed by atoms with van der Waals surface area (Å²) in [6, 6.07) is 89.4. The van der Waals surface area contributed by atoms with Crippen LogP contribution in [0.5, 0.6) is 0 Å². The van der Waals surface area contributed by atoms with Gasteiger partial charge in [0.15, 0.2) is 17.5 Å². The highest BCUT2D eigenvalue weighted by Gasteiger charge is 2.47. The van der Waals surface area contributed by atoms with E-state index in [2.05, 4.69) is 243 Å². The van der Waals surface area contributed by atoms with E-state index in [1.807, 2.05) is 6.07 Å². The zero-order valence-corrected chi connectivity index (χ0v) is 36.5. The molecule has 0 unspecified atom stereocenters. The fraction of sp³-hybridized carbons (Fsp3) is 0.0156. The molecule has 0 atom stereocenters. The van der Waals surface area contributed by atoms with Crippen LogP contribution in [-0.2, 0) is 5.41 Å². The minimum atomic E-state index is -0.635. The van der Waals surface area contributed by atoms with Gasteiger partial charge in [-0.2, -0.15) is 0 Å². The molecular formula is C64H41N3. The molecule has 312 valence electrons. The molecule has 11 aromatic carbocycles. The van der Waals surface area contributed by atoms with E-state index >= 15 is 0 Å². The lowest BCUT2D eigenvalue weighted by molar-refractivity contribution is 0.769. The normalized spacial score (nSPS) is 12.6. The molecule has 0 fully saturated rings. The van der Waals surface area contributed by atoms with E-state index < -0.39 is 5.41 Å². The first-order valence-corrected chi connectivity index (χ1v) is 22.9. The third kappa shape index (κ3) is 6.24. The largest absolute Gasteiger partial charge is 0.208 e. The molecule has 0 aliphatic heterocycles. The number of aromatic nitrogens is 3. The third-order valence-electron chi connectivity index (χ3n) is 13.8. The van der Waals surface area contributed by atoms with E-state index in [0.29, 0.717) is 17.5 Å². The van der Waals surface area contributed by atoms with Gasteiger partial charge >= 0.3 is 0 Å². The van der Waals surface area contributed by atoms with Gasteiger partial charge in [0.25, 0.3) is 0 Å². The zero-order valence-electron chi connectivity index (χ0n) is 36.5. The van der Waals surface area contributed by atoms with Gasteiger partial charge in [0.05, 0.1) is 5.41 Å². The standard InChI is InChI=1S/C64H41N3/c1-4-17-42(18-5-1)43-31-35-46(36-32-43)61-65-62(47-37-33-45(34-38-47)59-52-26-13-11-20-48(52)41-57-51-25-12-10-19-44(51)39-40-54(57)59)67-63(66-61)56-29-16-28-55-53-27-14-15-30-58(53)64(60(55)56,49-21-6-2-7-22-49)50-23-8-3-9-24-50/h1-41H. The van der Waals surface area contributed by atoms with Crippen LogP contribution < -0.4 is 0 Å². The van der Waals surface area contributed by atoms with Gasteiger partial charge in [-0.3, -0.25) is 0 Å². The van der Waals surface area contributed by atoms with Gasteiger partial charge in [0.1, 0.15) is 0 Å². The third-order valence-corrected chi connectivity index (χ3v) is 13.8. The van der Waals surface area contributed by atoms with Gasteiger partial charge < -0.3 is 0 Å². The maximum Gasteiger partial charge on any atom is 0.164 e. The van der Waals surface area contributed by atoms with E-state index in [-0.39, 0.29) is 0 Å². The number of rotatable bonds is 7. The average Bonchev–Trinajstić information content (AvgIpc) is 3.72. The van der Waals surface area contributed by atoms with Gasteiger partial charge in [0.2, 0.25) is 0 Å². The summed E-state index contributed by atoms with van der Waals surface area (Å²) in [5.74, 6) is 1.86. The SMILES string of the molecule is c1ccc(-c2ccc(-c3nc(-c4ccc(-c5c6ccccc6cc6c5ccc5ccccc56)cc4)nc(-c4cccc5c4C(c4ccccc4)(c4ccccc4)c4ccccc4-5)n3)cc2)cc1. The van der Waals surface area contributed by atoms with Crippen LogP contribution in [0.4, 0.5) is 0 Å². The van der Waals surface area contributed by atoms with Gasteiger partial charge in [0, 0.05) is 16.7 Å². The summed E-state index contributed by atoms with van der Waals surface area (Å²) in [6.45, 7) is 0. The maximum absolute atomic E-state index is 5.47. The van der Waals surface area contributed by atoms with Crippen LogP contribution in [-0.4, -0.2) is 15.0 Å². The highest BCUT2D eigenvalue weighted by atomic mass is 15.0. The number of fused-ring (bicyclic) bond motifs is 7. The van der Waals surface area contributed by atoms with Crippen molar-refractivity contribution in [3.63, 3.8) is 0 Å². The number of hydrogen-bond donors (Lipinski definition) is 0. The molecule has 0 N–H and O–H groups in total. The van der Waals surface area contributed by atoms with Crippen molar-refractivity contribution in [1.82, 2.24) is 15.0 Å². The molecule has 67 heavy (non-hydrogen) atoms. The van der Waals surface area contributed by atoms with Gasteiger partial charge in [-0.25, -0.2) is 15.0 Å². The zero-order chi connectivity index (χ0) is 44.3. The van der Waals surface area contributed by atoms with Crippen molar-refractivity contribution in [2.24, 2.45) is 0 Å². The van der Waals surface area contributed by atoms with Crippen molar-refractivity contribution in [3.8, 4) is 67.5 Å². The van der Waals surface area contributed by atoms with Gasteiger partial charge in [-0.15, -0.1) is 0 Å². The van der Waals surface area contributed by atoms with E-state index in [1.165, 1.54) is 71.3 Å². The number of hydrogen-bond acceptors (Lipinski definition) is 3. The minimum absolute atomic E-state index is 0.616. The summed E-state index contributed by atoms with van der Waals surface area (Å²) in [5, 5.41) is 7.41. The number of benzene rings is 11.